The number of benzene rings is 1. The molecule has 1 N–H and O–H groups in total. The van der Waals surface area contributed by atoms with E-state index in [1.165, 1.54) is 6.42 Å². The van der Waals surface area contributed by atoms with Crippen molar-refractivity contribution >= 4 is 22.7 Å². The molecule has 1 saturated carbocycles. The van der Waals surface area contributed by atoms with E-state index in [0.29, 0.717) is 18.8 Å². The molecule has 1 aliphatic carbocycles. The monoisotopic (exact) mass is 495 g/mol. The minimum absolute atomic E-state index is 0.0299. The highest BCUT2D eigenvalue weighted by molar-refractivity contribution is 6.03. The van der Waals surface area contributed by atoms with Crippen molar-refractivity contribution in [2.75, 3.05) is 53.4 Å². The molecule has 0 radical (unpaired) electrons. The average molecular weight is 496 g/mol. The molecule has 2 amide bonds. The van der Waals surface area contributed by atoms with Gasteiger partial charge in [0.2, 0.25) is 5.91 Å². The van der Waals surface area contributed by atoms with Gasteiger partial charge >= 0.3 is 0 Å². The minimum atomic E-state index is -0.946. The van der Waals surface area contributed by atoms with Crippen molar-refractivity contribution in [1.82, 2.24) is 24.6 Å². The van der Waals surface area contributed by atoms with Gasteiger partial charge in [0, 0.05) is 50.2 Å². The quantitative estimate of drug-likeness (QED) is 0.640. The number of carbonyl (C=O) groups is 2. The Morgan fingerprint density at radius 3 is 2.56 bits per heavy atom. The predicted octanol–water partition coefficient (Wildman–Crippen LogP) is 2.95. The van der Waals surface area contributed by atoms with E-state index in [1.54, 1.807) is 7.11 Å². The van der Waals surface area contributed by atoms with Crippen LogP contribution in [0.5, 0.6) is 5.75 Å². The number of fused-ring (bicyclic) bond motifs is 3. The van der Waals surface area contributed by atoms with Gasteiger partial charge < -0.3 is 29.3 Å². The molecule has 0 bridgehead atoms. The molecule has 8 nitrogen and oxygen atoms in total. The number of hydrogen-bond acceptors (Lipinski definition) is 5. The van der Waals surface area contributed by atoms with Crippen LogP contribution in [0.15, 0.2) is 24.3 Å². The van der Waals surface area contributed by atoms with Crippen molar-refractivity contribution in [1.29, 1.82) is 0 Å². The van der Waals surface area contributed by atoms with E-state index in [0.717, 1.165) is 81.5 Å². The highest BCUT2D eigenvalue weighted by Gasteiger charge is 2.48. The van der Waals surface area contributed by atoms with Crippen molar-refractivity contribution in [3.8, 4) is 5.75 Å². The van der Waals surface area contributed by atoms with E-state index in [9.17, 15) is 9.59 Å². The number of amides is 2. The minimum Gasteiger partial charge on any atom is -0.497 e. The lowest BCUT2D eigenvalue weighted by atomic mass is 9.91. The van der Waals surface area contributed by atoms with Crippen LogP contribution < -0.4 is 10.1 Å². The topological polar surface area (TPSA) is 70.1 Å². The molecule has 1 saturated heterocycles. The Kier molecular flexibility index (Phi) is 7.26. The van der Waals surface area contributed by atoms with Gasteiger partial charge in [0.15, 0.2) is 0 Å². The number of aromatic nitrogens is 1. The largest absolute Gasteiger partial charge is 0.497 e. The Labute approximate surface area is 214 Å². The third kappa shape index (κ3) is 4.85. The van der Waals surface area contributed by atoms with Crippen LogP contribution in [0.25, 0.3) is 10.9 Å². The van der Waals surface area contributed by atoms with E-state index >= 15 is 0 Å². The molecular formula is C28H41N5O3. The van der Waals surface area contributed by atoms with E-state index in [4.69, 9.17) is 4.74 Å². The Morgan fingerprint density at radius 1 is 1.08 bits per heavy atom. The summed E-state index contributed by atoms with van der Waals surface area (Å²) in [6.07, 6.45) is 6.45. The number of nitrogens with one attached hydrogen (secondary N) is 1. The SMILES string of the molecule is COc1ccc2cc3n(c2c1)CC(C)(C(=O)NC1CCCCC1)N(CCCN1CCN(C)CC1)C3=O. The zero-order chi connectivity index (χ0) is 25.3. The zero-order valence-corrected chi connectivity index (χ0v) is 22.1. The maximum absolute atomic E-state index is 14.0. The van der Waals surface area contributed by atoms with Crippen LogP contribution in [0.2, 0.25) is 0 Å². The summed E-state index contributed by atoms with van der Waals surface area (Å²) in [5.74, 6) is 0.660. The van der Waals surface area contributed by atoms with Crippen LogP contribution in [-0.2, 0) is 11.3 Å². The lowest BCUT2D eigenvalue weighted by Crippen LogP contribution is -2.65. The third-order valence-electron chi connectivity index (χ3n) is 8.52. The Balaban J connectivity index is 1.41. The second-order valence-electron chi connectivity index (χ2n) is 11.1. The van der Waals surface area contributed by atoms with Gasteiger partial charge in [-0.3, -0.25) is 9.59 Å². The lowest BCUT2D eigenvalue weighted by Gasteiger charge is -2.45. The van der Waals surface area contributed by atoms with Crippen molar-refractivity contribution in [2.24, 2.45) is 0 Å². The predicted molar refractivity (Wildman–Crippen MR) is 142 cm³/mol. The van der Waals surface area contributed by atoms with Gasteiger partial charge in [-0.2, -0.15) is 0 Å². The first-order valence-electron chi connectivity index (χ1n) is 13.6. The van der Waals surface area contributed by atoms with Gasteiger partial charge in [0.05, 0.1) is 19.2 Å². The molecule has 1 aromatic heterocycles. The normalized spacial score (nSPS) is 24.2. The summed E-state index contributed by atoms with van der Waals surface area (Å²) < 4.78 is 7.48. The smallest absolute Gasteiger partial charge is 0.271 e. The first-order chi connectivity index (χ1) is 17.4. The first kappa shape index (κ1) is 25.1. The summed E-state index contributed by atoms with van der Waals surface area (Å²) >= 11 is 0. The molecule has 36 heavy (non-hydrogen) atoms. The van der Waals surface area contributed by atoms with Crippen molar-refractivity contribution in [3.63, 3.8) is 0 Å². The molecule has 2 fully saturated rings. The second kappa shape index (κ2) is 10.4. The fourth-order valence-electron chi connectivity index (χ4n) is 6.12. The van der Waals surface area contributed by atoms with Gasteiger partial charge in [-0.1, -0.05) is 19.3 Å². The lowest BCUT2D eigenvalue weighted by molar-refractivity contribution is -0.133. The van der Waals surface area contributed by atoms with Crippen LogP contribution in [0.1, 0.15) is 55.9 Å². The van der Waals surface area contributed by atoms with Crippen LogP contribution in [0.4, 0.5) is 0 Å². The molecule has 196 valence electrons. The first-order valence-corrected chi connectivity index (χ1v) is 13.6. The maximum Gasteiger partial charge on any atom is 0.271 e. The highest BCUT2D eigenvalue weighted by Crippen LogP contribution is 2.34. The molecule has 2 aliphatic heterocycles. The van der Waals surface area contributed by atoms with Crippen molar-refractivity contribution in [2.45, 2.75) is 63.6 Å². The molecule has 5 rings (SSSR count). The molecule has 3 heterocycles. The molecule has 0 spiro atoms. The fraction of sp³-hybridized carbons (Fsp3) is 0.643. The number of nitrogens with zero attached hydrogens (tertiary/aromatic N) is 4. The van der Waals surface area contributed by atoms with Gasteiger partial charge in [-0.15, -0.1) is 0 Å². The van der Waals surface area contributed by atoms with E-state index in [2.05, 4.69) is 22.2 Å². The van der Waals surface area contributed by atoms with Crippen LogP contribution in [0, 0.1) is 0 Å². The van der Waals surface area contributed by atoms with Crippen LogP contribution in [-0.4, -0.2) is 96.1 Å². The van der Waals surface area contributed by atoms with E-state index < -0.39 is 5.54 Å². The summed E-state index contributed by atoms with van der Waals surface area (Å²) in [6.45, 7) is 8.18. The third-order valence-corrected chi connectivity index (χ3v) is 8.52. The van der Waals surface area contributed by atoms with Crippen LogP contribution >= 0.6 is 0 Å². The number of methoxy groups -OCH3 is 1. The van der Waals surface area contributed by atoms with Gasteiger partial charge in [0.1, 0.15) is 17.0 Å². The summed E-state index contributed by atoms with van der Waals surface area (Å²) in [5, 5.41) is 4.33. The van der Waals surface area contributed by atoms with E-state index in [1.807, 2.05) is 40.7 Å². The molecular weight excluding hydrogens is 454 g/mol. The fourth-order valence-corrected chi connectivity index (χ4v) is 6.12. The van der Waals surface area contributed by atoms with Gasteiger partial charge in [-0.25, -0.2) is 0 Å². The van der Waals surface area contributed by atoms with Gasteiger partial charge in [0.25, 0.3) is 5.91 Å². The number of hydrogen-bond donors (Lipinski definition) is 1. The number of likely N-dealkylation sites (N-methyl/N-ethyl adjacent to an activating group) is 1. The molecule has 3 aliphatic rings. The van der Waals surface area contributed by atoms with Gasteiger partial charge in [-0.05, 0) is 58.0 Å². The Hall–Kier alpha value is -2.58. The Morgan fingerprint density at radius 2 is 1.83 bits per heavy atom. The summed E-state index contributed by atoms with van der Waals surface area (Å²) in [4.78, 5) is 34.5. The number of piperazine rings is 1. The van der Waals surface area contributed by atoms with E-state index in [-0.39, 0.29) is 17.9 Å². The molecule has 1 unspecified atom stereocenters. The standard InChI is InChI=1S/C28H41N5O3/c1-28(27(35)29-22-8-5-4-6-9-22)20-32-24-19-23(36-3)11-10-21(24)18-25(32)26(34)33(28)13-7-12-31-16-14-30(2)15-17-31/h10-11,18-19,22H,4-9,12-17,20H2,1-3H3,(H,29,35). The molecule has 1 atom stereocenters. The highest BCUT2D eigenvalue weighted by atomic mass is 16.5. The second-order valence-corrected chi connectivity index (χ2v) is 11.1. The molecule has 2 aromatic rings. The molecule has 1 aromatic carbocycles. The van der Waals surface area contributed by atoms with Crippen LogP contribution in [0.3, 0.4) is 0 Å². The molecule has 8 heteroatoms. The van der Waals surface area contributed by atoms with Crippen molar-refractivity contribution < 1.29 is 14.3 Å². The number of rotatable bonds is 7. The maximum atomic E-state index is 14.0. The summed E-state index contributed by atoms with van der Waals surface area (Å²) in [7, 11) is 3.81. The Bertz CT molecular complexity index is 1100. The average Bonchev–Trinajstić information content (AvgIpc) is 3.25. The zero-order valence-electron chi connectivity index (χ0n) is 22.1. The number of carbonyl (C=O) groups excluding carboxylic acids is 2. The number of ether oxygens (including phenoxy) is 1. The van der Waals surface area contributed by atoms with Crippen molar-refractivity contribution in [3.05, 3.63) is 30.0 Å². The summed E-state index contributed by atoms with van der Waals surface area (Å²) in [5.41, 5.74) is 0.644. The summed E-state index contributed by atoms with van der Waals surface area (Å²) in [6, 6.07) is 8.04.